The normalized spacial score (nSPS) is 14.2. The maximum atomic E-state index is 14.3. The van der Waals surface area contributed by atoms with E-state index in [2.05, 4.69) is 21.2 Å². The molecule has 0 spiro atoms. The van der Waals surface area contributed by atoms with Gasteiger partial charge in [0.25, 0.3) is 10.0 Å². The van der Waals surface area contributed by atoms with Gasteiger partial charge < -0.3 is 15.0 Å². The van der Waals surface area contributed by atoms with Crippen LogP contribution in [-0.4, -0.2) is 50.4 Å². The number of carbonyl (C=O) groups is 2. The van der Waals surface area contributed by atoms with Crippen molar-refractivity contribution in [3.8, 4) is 5.75 Å². The Bertz CT molecular complexity index is 1530. The number of nitrogens with one attached hydrogen (secondary N) is 1. The number of hydrogen-bond acceptors (Lipinski definition) is 5. The molecule has 1 saturated carbocycles. The number of nitrogens with zero attached hydrogens (tertiary/aromatic N) is 2. The average Bonchev–Trinajstić information content (AvgIpc) is 3.51. The Labute approximate surface area is 277 Å². The van der Waals surface area contributed by atoms with Crippen LogP contribution in [-0.2, 0) is 26.2 Å². The topological polar surface area (TPSA) is 96.0 Å². The molecule has 1 fully saturated rings. The summed E-state index contributed by atoms with van der Waals surface area (Å²) in [6, 6.07) is 16.8. The second-order valence-electron chi connectivity index (χ2n) is 10.5. The van der Waals surface area contributed by atoms with E-state index in [0.717, 1.165) is 30.0 Å². The maximum absolute atomic E-state index is 14.3. The van der Waals surface area contributed by atoms with Crippen LogP contribution in [0.25, 0.3) is 0 Å². The molecule has 1 aliphatic rings. The van der Waals surface area contributed by atoms with Gasteiger partial charge >= 0.3 is 0 Å². The molecule has 3 aromatic carbocycles. The van der Waals surface area contributed by atoms with Crippen molar-refractivity contribution in [2.45, 2.75) is 69.5 Å². The number of carbonyl (C=O) groups excluding carboxylic acids is 2. The van der Waals surface area contributed by atoms with Gasteiger partial charge in [-0.05, 0) is 86.8 Å². The molecule has 1 atom stereocenters. The first kappa shape index (κ1) is 34.1. The summed E-state index contributed by atoms with van der Waals surface area (Å²) in [7, 11) is -4.21. The number of hydrogen-bond donors (Lipinski definition) is 1. The van der Waals surface area contributed by atoms with Crippen LogP contribution < -0.4 is 14.4 Å². The highest BCUT2D eigenvalue weighted by atomic mass is 79.9. The highest BCUT2D eigenvalue weighted by molar-refractivity contribution is 9.10. The van der Waals surface area contributed by atoms with Gasteiger partial charge in [0.05, 0.1) is 17.2 Å². The maximum Gasteiger partial charge on any atom is 0.264 e. The highest BCUT2D eigenvalue weighted by Gasteiger charge is 2.35. The molecule has 0 radical (unpaired) electrons. The van der Waals surface area contributed by atoms with Crippen molar-refractivity contribution in [2.75, 3.05) is 17.5 Å². The van der Waals surface area contributed by atoms with Gasteiger partial charge in [-0.25, -0.2) is 8.42 Å². The summed E-state index contributed by atoms with van der Waals surface area (Å²) in [4.78, 5) is 29.3. The predicted molar refractivity (Wildman–Crippen MR) is 178 cm³/mol. The first-order valence-corrected chi connectivity index (χ1v) is 17.6. The molecule has 236 valence electrons. The summed E-state index contributed by atoms with van der Waals surface area (Å²) in [6.07, 6.45) is 4.12. The molecule has 1 N–H and O–H groups in total. The number of anilines is 1. The summed E-state index contributed by atoms with van der Waals surface area (Å²) in [6.45, 7) is 3.46. The molecule has 3 aromatic rings. The predicted octanol–water partition coefficient (Wildman–Crippen LogP) is 7.22. The Hall–Kier alpha value is -2.79. The van der Waals surface area contributed by atoms with Crippen LogP contribution >= 0.6 is 39.1 Å². The number of sulfonamides is 1. The molecular weight excluding hydrogens is 689 g/mol. The van der Waals surface area contributed by atoms with Gasteiger partial charge in [-0.15, -0.1) is 0 Å². The highest BCUT2D eigenvalue weighted by Crippen LogP contribution is 2.30. The molecule has 0 bridgehead atoms. The summed E-state index contributed by atoms with van der Waals surface area (Å²) in [5, 5.41) is 3.78. The molecule has 8 nitrogen and oxygen atoms in total. The molecule has 2 amide bonds. The summed E-state index contributed by atoms with van der Waals surface area (Å²) >= 11 is 16.4. The zero-order chi connectivity index (χ0) is 31.9. The Balaban J connectivity index is 1.74. The SMILES string of the molecule is CCOc1ccc(N(CC(=O)N(Cc2c(Cl)cccc2Cl)C(CC)C(=O)NC2CCCC2)S(=O)(=O)c2ccc(Br)cc2)cc1. The number of ether oxygens (including phenoxy) is 1. The van der Waals surface area contributed by atoms with Crippen molar-refractivity contribution in [3.05, 3.63) is 86.8 Å². The van der Waals surface area contributed by atoms with Crippen LogP contribution in [0.5, 0.6) is 5.75 Å². The largest absolute Gasteiger partial charge is 0.494 e. The van der Waals surface area contributed by atoms with Crippen molar-refractivity contribution in [3.63, 3.8) is 0 Å². The second-order valence-corrected chi connectivity index (χ2v) is 14.1. The minimum atomic E-state index is -4.21. The van der Waals surface area contributed by atoms with Crippen LogP contribution in [0.4, 0.5) is 5.69 Å². The zero-order valence-electron chi connectivity index (χ0n) is 24.6. The lowest BCUT2D eigenvalue weighted by Crippen LogP contribution is -2.53. The molecule has 0 aliphatic heterocycles. The van der Waals surface area contributed by atoms with E-state index in [-0.39, 0.29) is 29.1 Å². The van der Waals surface area contributed by atoms with E-state index in [4.69, 9.17) is 27.9 Å². The van der Waals surface area contributed by atoms with Crippen LogP contribution in [0.2, 0.25) is 10.0 Å². The first-order valence-electron chi connectivity index (χ1n) is 14.6. The van der Waals surface area contributed by atoms with Gasteiger partial charge in [-0.2, -0.15) is 0 Å². The van der Waals surface area contributed by atoms with Crippen molar-refractivity contribution in [1.82, 2.24) is 10.2 Å². The fourth-order valence-electron chi connectivity index (χ4n) is 5.28. The third kappa shape index (κ3) is 8.27. The van der Waals surface area contributed by atoms with Gasteiger partial charge in [0, 0.05) is 32.7 Å². The van der Waals surface area contributed by atoms with Gasteiger partial charge in [-0.1, -0.05) is 65.0 Å². The molecule has 0 heterocycles. The Kier molecular flexibility index (Phi) is 12.0. The standard InChI is InChI=1S/C32H36BrCl2N3O5S/c1-3-30(32(40)36-23-8-5-6-9-23)37(20-27-28(34)10-7-11-29(27)35)31(39)21-38(24-14-16-25(17-15-24)43-4-2)44(41,42)26-18-12-22(33)13-19-26/h7,10-19,23,30H,3-6,8-9,20-21H2,1-2H3,(H,36,40). The molecule has 1 unspecified atom stereocenters. The van der Waals surface area contributed by atoms with E-state index < -0.39 is 28.5 Å². The second kappa shape index (κ2) is 15.5. The average molecular weight is 726 g/mol. The number of benzene rings is 3. The van der Waals surface area contributed by atoms with E-state index in [1.54, 1.807) is 54.6 Å². The summed E-state index contributed by atoms with van der Waals surface area (Å²) < 4.78 is 35.4. The molecule has 0 saturated heterocycles. The minimum absolute atomic E-state index is 0.00843. The Morgan fingerprint density at radius 1 is 0.977 bits per heavy atom. The van der Waals surface area contributed by atoms with E-state index in [9.17, 15) is 18.0 Å². The van der Waals surface area contributed by atoms with Gasteiger partial charge in [0.15, 0.2) is 0 Å². The molecule has 4 rings (SSSR count). The third-order valence-electron chi connectivity index (χ3n) is 7.59. The smallest absolute Gasteiger partial charge is 0.264 e. The number of rotatable bonds is 13. The van der Waals surface area contributed by atoms with Crippen molar-refractivity contribution >= 4 is 66.7 Å². The quantitative estimate of drug-likeness (QED) is 0.201. The van der Waals surface area contributed by atoms with E-state index >= 15 is 0 Å². The monoisotopic (exact) mass is 723 g/mol. The Morgan fingerprint density at radius 3 is 2.16 bits per heavy atom. The molecule has 12 heteroatoms. The lowest BCUT2D eigenvalue weighted by atomic mass is 10.1. The van der Waals surface area contributed by atoms with E-state index in [1.807, 2.05) is 13.8 Å². The molecule has 0 aromatic heterocycles. The van der Waals surface area contributed by atoms with Gasteiger partial charge in [0.1, 0.15) is 18.3 Å². The summed E-state index contributed by atoms with van der Waals surface area (Å²) in [5.74, 6) is -0.309. The number of halogens is 3. The van der Waals surface area contributed by atoms with Crippen molar-refractivity contribution in [2.24, 2.45) is 0 Å². The number of amides is 2. The van der Waals surface area contributed by atoms with E-state index in [0.29, 0.717) is 38.9 Å². The minimum Gasteiger partial charge on any atom is -0.494 e. The third-order valence-corrected chi connectivity index (χ3v) is 10.6. The fraction of sp³-hybridized carbons (Fsp3) is 0.375. The van der Waals surface area contributed by atoms with Crippen LogP contribution in [0, 0.1) is 0 Å². The van der Waals surface area contributed by atoms with Crippen LogP contribution in [0.3, 0.4) is 0 Å². The zero-order valence-corrected chi connectivity index (χ0v) is 28.6. The van der Waals surface area contributed by atoms with Crippen molar-refractivity contribution in [1.29, 1.82) is 0 Å². The van der Waals surface area contributed by atoms with Gasteiger partial charge in [0.2, 0.25) is 11.8 Å². The van der Waals surface area contributed by atoms with E-state index in [1.165, 1.54) is 17.0 Å². The fourth-order valence-corrected chi connectivity index (χ4v) is 7.47. The Morgan fingerprint density at radius 2 is 1.59 bits per heavy atom. The lowest BCUT2D eigenvalue weighted by Gasteiger charge is -2.34. The molecule has 1 aliphatic carbocycles. The molecular formula is C32H36BrCl2N3O5S. The van der Waals surface area contributed by atoms with Crippen LogP contribution in [0.15, 0.2) is 76.1 Å². The first-order chi connectivity index (χ1) is 21.0. The lowest BCUT2D eigenvalue weighted by molar-refractivity contribution is -0.140. The molecule has 44 heavy (non-hydrogen) atoms. The van der Waals surface area contributed by atoms with Crippen LogP contribution in [0.1, 0.15) is 51.5 Å². The van der Waals surface area contributed by atoms with Crippen molar-refractivity contribution < 1.29 is 22.7 Å². The summed E-state index contributed by atoms with van der Waals surface area (Å²) in [5.41, 5.74) is 0.739. The van der Waals surface area contributed by atoms with Gasteiger partial charge in [-0.3, -0.25) is 13.9 Å².